The molecule has 3 aliphatic carbocycles. The van der Waals surface area contributed by atoms with Crippen LogP contribution in [0.1, 0.15) is 43.1 Å². The summed E-state index contributed by atoms with van der Waals surface area (Å²) in [6, 6.07) is -0.829. The van der Waals surface area contributed by atoms with Gasteiger partial charge in [0, 0.05) is 23.1 Å². The third-order valence-electron chi connectivity index (χ3n) is 6.85. The Morgan fingerprint density at radius 3 is 2.41 bits per heavy atom. The molecule has 198 valence electrons. The van der Waals surface area contributed by atoms with Crippen LogP contribution in [0.4, 0.5) is 14.9 Å². The van der Waals surface area contributed by atoms with Crippen molar-refractivity contribution in [2.45, 2.75) is 50.9 Å². The number of aliphatic hydroxyl groups is 3. The summed E-state index contributed by atoms with van der Waals surface area (Å²) < 4.78 is 19.9. The number of ether oxygens (including phenoxy) is 1. The first-order chi connectivity index (χ1) is 17.0. The zero-order valence-corrected chi connectivity index (χ0v) is 20.1. The van der Waals surface area contributed by atoms with E-state index in [1.807, 2.05) is 0 Å². The molecule has 3 aliphatic rings. The minimum absolute atomic E-state index is 0.194. The SMILES string of the molecule is CC(C)(C)OC(=O)N[C@@H]1C(O)=C(C(N)=O)C(=O)[C@@]2(O)C(O)=C3C(=O)c4c(O)c(N)cc(F)c4C[C@H]3C[C@@H]12. The van der Waals surface area contributed by atoms with Crippen LogP contribution in [0.3, 0.4) is 0 Å². The van der Waals surface area contributed by atoms with Gasteiger partial charge >= 0.3 is 6.09 Å². The van der Waals surface area contributed by atoms with Crippen LogP contribution in [0.5, 0.6) is 5.75 Å². The molecule has 0 spiro atoms. The highest BCUT2D eigenvalue weighted by atomic mass is 19.1. The second-order valence-corrected chi connectivity index (χ2v) is 10.3. The maximum atomic E-state index is 14.7. The number of halogens is 1. The number of phenolic OH excluding ortho intramolecular Hbond substituents is 1. The number of carbonyl (C=O) groups excluding carboxylic acids is 4. The van der Waals surface area contributed by atoms with E-state index in [1.165, 1.54) is 0 Å². The maximum absolute atomic E-state index is 14.7. The van der Waals surface area contributed by atoms with Gasteiger partial charge in [-0.3, -0.25) is 14.4 Å². The number of rotatable bonds is 2. The molecule has 13 heteroatoms. The van der Waals surface area contributed by atoms with Gasteiger partial charge in [0.1, 0.15) is 34.3 Å². The molecule has 0 radical (unpaired) electrons. The third kappa shape index (κ3) is 3.77. The third-order valence-corrected chi connectivity index (χ3v) is 6.85. The largest absolute Gasteiger partial charge is 0.509 e. The first-order valence-corrected chi connectivity index (χ1v) is 11.3. The lowest BCUT2D eigenvalue weighted by atomic mass is 9.59. The van der Waals surface area contributed by atoms with Crippen molar-refractivity contribution in [1.82, 2.24) is 5.32 Å². The lowest BCUT2D eigenvalue weighted by Gasteiger charge is -2.48. The highest BCUT2D eigenvalue weighted by molar-refractivity contribution is 6.25. The van der Waals surface area contributed by atoms with E-state index in [2.05, 4.69) is 5.32 Å². The molecule has 4 atom stereocenters. The molecule has 1 aromatic rings. The van der Waals surface area contributed by atoms with Crippen molar-refractivity contribution in [2.24, 2.45) is 17.6 Å². The fraction of sp³-hybridized carbons (Fsp3) is 0.417. The Kier molecular flexibility index (Phi) is 5.75. The summed E-state index contributed by atoms with van der Waals surface area (Å²) in [6.07, 6.45) is -1.68. The van der Waals surface area contributed by atoms with Gasteiger partial charge < -0.3 is 41.9 Å². The van der Waals surface area contributed by atoms with Crippen LogP contribution in [0.2, 0.25) is 0 Å². The number of nitrogens with two attached hydrogens (primary N) is 2. The van der Waals surface area contributed by atoms with Gasteiger partial charge in [-0.25, -0.2) is 9.18 Å². The maximum Gasteiger partial charge on any atom is 0.408 e. The van der Waals surface area contributed by atoms with Gasteiger partial charge in [0.05, 0.1) is 17.3 Å². The van der Waals surface area contributed by atoms with Gasteiger partial charge in [0.2, 0.25) is 5.78 Å². The van der Waals surface area contributed by atoms with E-state index in [9.17, 15) is 44.0 Å². The number of primary amides is 1. The minimum atomic E-state index is -2.98. The van der Waals surface area contributed by atoms with Gasteiger partial charge in [-0.15, -0.1) is 0 Å². The molecule has 0 aromatic heterocycles. The van der Waals surface area contributed by atoms with E-state index < -0.39 is 98.1 Å². The molecule has 0 aliphatic heterocycles. The van der Waals surface area contributed by atoms with E-state index >= 15 is 0 Å². The number of aromatic hydroxyl groups is 1. The molecular formula is C24H26FN3O9. The van der Waals surface area contributed by atoms with E-state index in [4.69, 9.17) is 16.2 Å². The van der Waals surface area contributed by atoms with Crippen molar-refractivity contribution >= 4 is 29.3 Å². The Morgan fingerprint density at radius 2 is 1.84 bits per heavy atom. The number of allylic oxidation sites excluding steroid dienone is 1. The second-order valence-electron chi connectivity index (χ2n) is 10.3. The van der Waals surface area contributed by atoms with Crippen LogP contribution in [0.15, 0.2) is 28.7 Å². The molecule has 0 saturated heterocycles. The van der Waals surface area contributed by atoms with Crippen molar-refractivity contribution in [3.63, 3.8) is 0 Å². The van der Waals surface area contributed by atoms with Gasteiger partial charge in [-0.2, -0.15) is 0 Å². The zero-order valence-electron chi connectivity index (χ0n) is 20.1. The first-order valence-electron chi connectivity index (χ1n) is 11.3. The van der Waals surface area contributed by atoms with Gasteiger partial charge in [0.25, 0.3) is 5.91 Å². The van der Waals surface area contributed by atoms with Crippen LogP contribution in [-0.4, -0.2) is 61.2 Å². The number of alkyl carbamates (subject to hydrolysis) is 1. The molecule has 12 nitrogen and oxygen atoms in total. The van der Waals surface area contributed by atoms with E-state index in [0.29, 0.717) is 0 Å². The number of hydrogen-bond acceptors (Lipinski definition) is 10. The predicted molar refractivity (Wildman–Crippen MR) is 124 cm³/mol. The number of carbonyl (C=O) groups is 4. The first kappa shape index (κ1) is 25.9. The van der Waals surface area contributed by atoms with Crippen LogP contribution >= 0.6 is 0 Å². The van der Waals surface area contributed by atoms with Crippen LogP contribution < -0.4 is 16.8 Å². The Labute approximate surface area is 209 Å². The highest BCUT2D eigenvalue weighted by Crippen LogP contribution is 2.52. The fourth-order valence-corrected chi connectivity index (χ4v) is 5.32. The lowest BCUT2D eigenvalue weighted by molar-refractivity contribution is -0.146. The van der Waals surface area contributed by atoms with E-state index in [-0.39, 0.29) is 18.4 Å². The molecule has 2 amide bonds. The quantitative estimate of drug-likeness (QED) is 0.165. The van der Waals surface area contributed by atoms with Gasteiger partial charge in [-0.1, -0.05) is 0 Å². The summed E-state index contributed by atoms with van der Waals surface area (Å²) in [5.41, 5.74) is 4.12. The Bertz CT molecular complexity index is 1340. The number of fused-ring (bicyclic) bond motifs is 3. The summed E-state index contributed by atoms with van der Waals surface area (Å²) in [7, 11) is 0. The van der Waals surface area contributed by atoms with Crippen molar-refractivity contribution in [1.29, 1.82) is 0 Å². The van der Waals surface area contributed by atoms with Gasteiger partial charge in [0.15, 0.2) is 11.4 Å². The predicted octanol–water partition coefficient (Wildman–Crippen LogP) is 0.805. The van der Waals surface area contributed by atoms with E-state index in [1.54, 1.807) is 20.8 Å². The topological polar surface area (TPSA) is 222 Å². The summed E-state index contributed by atoms with van der Waals surface area (Å²) in [5.74, 6) is -10.3. The molecule has 1 aromatic carbocycles. The second kappa shape index (κ2) is 8.20. The lowest BCUT2D eigenvalue weighted by Crippen LogP contribution is -2.64. The average molecular weight is 519 g/mol. The van der Waals surface area contributed by atoms with Crippen molar-refractivity contribution in [3.05, 3.63) is 45.7 Å². The normalized spacial score (nSPS) is 27.3. The molecule has 37 heavy (non-hydrogen) atoms. The zero-order chi connectivity index (χ0) is 27.8. The number of hydrogen-bond donors (Lipinski definition) is 7. The number of nitrogen functional groups attached to an aromatic ring is 1. The summed E-state index contributed by atoms with van der Waals surface area (Å²) in [6.45, 7) is 4.67. The number of benzene rings is 1. The van der Waals surface area contributed by atoms with E-state index in [0.717, 1.165) is 6.07 Å². The summed E-state index contributed by atoms with van der Waals surface area (Å²) >= 11 is 0. The van der Waals surface area contributed by atoms with Crippen molar-refractivity contribution < 1.29 is 48.7 Å². The smallest absolute Gasteiger partial charge is 0.408 e. The Morgan fingerprint density at radius 1 is 1.22 bits per heavy atom. The highest BCUT2D eigenvalue weighted by Gasteiger charge is 2.63. The Hall–Kier alpha value is -4.13. The molecule has 0 saturated carbocycles. The number of anilines is 1. The minimum Gasteiger partial charge on any atom is -0.509 e. The molecule has 0 heterocycles. The standard InChI is InChI=1S/C24H26FN3O9/c1-23(2,3)37-22(35)28-15-9-5-7-4-8-10(25)6-11(26)16(29)13(8)17(30)12(7)19(32)24(9,36)20(33)14(18(15)31)21(27)34/h6-7,9,15,29,31-32,36H,4-5,26H2,1-3H3,(H2,27,34)(H,28,35)/t7-,9-,15-,24-/m0/s1. The number of Topliss-reactive ketones (excluding diaryl/α,β-unsaturated/α-hetero) is 2. The number of aliphatic hydroxyl groups excluding tert-OH is 2. The molecule has 4 rings (SSSR count). The fourth-order valence-electron chi connectivity index (χ4n) is 5.32. The number of amides is 2. The average Bonchev–Trinajstić information content (AvgIpc) is 2.75. The number of phenols is 1. The Balaban J connectivity index is 1.90. The van der Waals surface area contributed by atoms with Crippen LogP contribution in [0, 0.1) is 17.7 Å². The van der Waals surface area contributed by atoms with Crippen LogP contribution in [-0.2, 0) is 20.7 Å². The number of ketones is 2. The molecule has 0 fully saturated rings. The summed E-state index contributed by atoms with van der Waals surface area (Å²) in [4.78, 5) is 51.2. The van der Waals surface area contributed by atoms with Crippen molar-refractivity contribution in [3.8, 4) is 5.75 Å². The molecule has 0 unspecified atom stereocenters. The van der Waals surface area contributed by atoms with Gasteiger partial charge in [-0.05, 0) is 39.5 Å². The number of nitrogens with one attached hydrogen (secondary N) is 1. The molecule has 9 N–H and O–H groups in total. The summed E-state index contributed by atoms with van der Waals surface area (Å²) in [5, 5.41) is 46.1. The van der Waals surface area contributed by atoms with Crippen LogP contribution in [0.25, 0.3) is 0 Å². The molecular weight excluding hydrogens is 493 g/mol. The van der Waals surface area contributed by atoms with Crippen molar-refractivity contribution in [2.75, 3.05) is 5.73 Å². The molecule has 0 bridgehead atoms. The monoisotopic (exact) mass is 519 g/mol.